The Labute approximate surface area is 390 Å². The summed E-state index contributed by atoms with van der Waals surface area (Å²) in [5.74, 6) is 0.566. The predicted octanol–water partition coefficient (Wildman–Crippen LogP) is 10.7. The number of alkyl halides is 3. The minimum Gasteiger partial charge on any atom is -0.463 e. The molecule has 2 aromatic carbocycles. The highest BCUT2D eigenvalue weighted by Crippen LogP contribution is 2.49. The van der Waals surface area contributed by atoms with Gasteiger partial charge in [0.25, 0.3) is 0 Å². The molecule has 14 nitrogen and oxygen atoms in total. The van der Waals surface area contributed by atoms with Gasteiger partial charge in [0.2, 0.25) is 0 Å². The van der Waals surface area contributed by atoms with E-state index in [1.54, 1.807) is 21.8 Å². The number of benzene rings is 2. The molecule has 6 aromatic rings. The van der Waals surface area contributed by atoms with Gasteiger partial charge < -0.3 is 28.7 Å². The number of ether oxygens (including phenoxy) is 4. The second-order valence-electron chi connectivity index (χ2n) is 19.8. The van der Waals surface area contributed by atoms with Crippen LogP contribution >= 0.6 is 11.3 Å². The van der Waals surface area contributed by atoms with E-state index in [-0.39, 0.29) is 60.3 Å². The number of amides is 2. The predicted molar refractivity (Wildman–Crippen MR) is 248 cm³/mol. The molecule has 4 aliphatic rings. The van der Waals surface area contributed by atoms with Crippen LogP contribution in [0.5, 0.6) is 6.01 Å². The van der Waals surface area contributed by atoms with E-state index in [1.165, 1.54) is 24.5 Å². The largest absolute Gasteiger partial charge is 0.463 e. The van der Waals surface area contributed by atoms with Crippen molar-refractivity contribution in [1.29, 1.82) is 0 Å². The fourth-order valence-corrected chi connectivity index (χ4v) is 11.6. The quantitative estimate of drug-likeness (QED) is 0.144. The standard InChI is InChI=1S/C49H55F3N8O6S/c1-29-22-35-34(23-54-60(35)36-14-9-10-21-63-36)37(39(29)49(50,51)52)40-41-33(17-19-53-40)38-42(58-24-31-15-16-32(25-58)59(31)46(62)66-47(2,3)4)55-44(56-43(38)67-41)65-28-48(5)18-11-20-57(27-48)45(61)64-26-30-12-7-6-8-13-30/h6-8,12-13,17,19,22-23,31-32,36H,9-11,14-16,18,20-21,24-28H2,1-5H3/t31-,32+,36?,48?. The van der Waals surface area contributed by atoms with Gasteiger partial charge in [-0.3, -0.25) is 9.88 Å². The van der Waals surface area contributed by atoms with Crippen LogP contribution < -0.4 is 9.64 Å². The van der Waals surface area contributed by atoms with Gasteiger partial charge in [-0.2, -0.15) is 28.2 Å². The second kappa shape index (κ2) is 17.4. The topological polar surface area (TPSA) is 137 Å². The molecule has 354 valence electrons. The number of thiophene rings is 1. The molecule has 0 radical (unpaired) electrons. The summed E-state index contributed by atoms with van der Waals surface area (Å²) in [5, 5.41) is 6.28. The van der Waals surface area contributed by atoms with Crippen LogP contribution in [0.2, 0.25) is 0 Å². The third-order valence-electron chi connectivity index (χ3n) is 13.4. The molecule has 0 N–H and O–H groups in total. The van der Waals surface area contributed by atoms with Crippen LogP contribution in [-0.2, 0) is 27.0 Å². The number of hydrogen-bond donors (Lipinski definition) is 0. The number of piperazine rings is 1. The SMILES string of the molecule is Cc1cc2c(cnn2C2CCCCO2)c(-c2nccc3c2sc2nc(OCC4(C)CCCN(C(=O)OCc5ccccc5)C4)nc(N4C[C@H]5CC[C@@H](C4)N5C(=O)OC(C)(C)C)c23)c1C(F)(F)F. The van der Waals surface area contributed by atoms with Crippen LogP contribution in [0.3, 0.4) is 0 Å². The molecule has 2 amide bonds. The van der Waals surface area contributed by atoms with E-state index in [1.807, 2.05) is 62.1 Å². The zero-order chi connectivity index (χ0) is 46.8. The summed E-state index contributed by atoms with van der Waals surface area (Å²) in [6.07, 6.45) is 2.85. The first-order chi connectivity index (χ1) is 32.0. The van der Waals surface area contributed by atoms with E-state index >= 15 is 13.2 Å². The van der Waals surface area contributed by atoms with Crippen LogP contribution in [0, 0.1) is 12.3 Å². The van der Waals surface area contributed by atoms with E-state index in [0.29, 0.717) is 76.2 Å². The fraction of sp³-hybridized carbons (Fsp3) is 0.510. The number of carbonyl (C=O) groups is 2. The molecule has 4 fully saturated rings. The molecule has 4 aromatic heterocycles. The highest BCUT2D eigenvalue weighted by Gasteiger charge is 2.46. The average molecular weight is 941 g/mol. The molecule has 4 aliphatic heterocycles. The third kappa shape index (κ3) is 8.82. The first kappa shape index (κ1) is 45.1. The lowest BCUT2D eigenvalue weighted by Gasteiger charge is -2.42. The van der Waals surface area contributed by atoms with E-state index in [4.69, 9.17) is 33.9 Å². The van der Waals surface area contributed by atoms with Gasteiger partial charge in [-0.15, -0.1) is 11.3 Å². The third-order valence-corrected chi connectivity index (χ3v) is 14.5. The number of aryl methyl sites for hydroxylation is 1. The molecule has 0 spiro atoms. The van der Waals surface area contributed by atoms with Crippen LogP contribution in [-0.4, -0.2) is 104 Å². The molecule has 4 saturated heterocycles. The molecule has 10 rings (SSSR count). The van der Waals surface area contributed by atoms with Crippen molar-refractivity contribution in [3.8, 4) is 17.3 Å². The molecule has 67 heavy (non-hydrogen) atoms. The van der Waals surface area contributed by atoms with Gasteiger partial charge in [0.05, 0.1) is 51.7 Å². The summed E-state index contributed by atoms with van der Waals surface area (Å²) in [6.45, 7) is 11.9. The summed E-state index contributed by atoms with van der Waals surface area (Å²) in [5.41, 5.74) is -0.273. The number of carbonyl (C=O) groups excluding carboxylic acids is 2. The number of hydrogen-bond acceptors (Lipinski definition) is 12. The van der Waals surface area contributed by atoms with Crippen molar-refractivity contribution in [2.24, 2.45) is 5.41 Å². The Morgan fingerprint density at radius 3 is 2.46 bits per heavy atom. The first-order valence-corrected chi connectivity index (χ1v) is 24.0. The van der Waals surface area contributed by atoms with E-state index in [2.05, 4.69) is 16.9 Å². The van der Waals surface area contributed by atoms with Crippen molar-refractivity contribution < 1.29 is 41.7 Å². The smallest absolute Gasteiger partial charge is 0.417 e. The minimum absolute atomic E-state index is 0.0474. The Balaban J connectivity index is 1.04. The molecular weight excluding hydrogens is 886 g/mol. The lowest BCUT2D eigenvalue weighted by atomic mass is 9.83. The van der Waals surface area contributed by atoms with Gasteiger partial charge in [-0.1, -0.05) is 37.3 Å². The summed E-state index contributed by atoms with van der Waals surface area (Å²) in [7, 11) is 0. The summed E-state index contributed by atoms with van der Waals surface area (Å²) >= 11 is 1.25. The Hall–Kier alpha value is -5.75. The number of pyridine rings is 1. The fourth-order valence-electron chi connectivity index (χ4n) is 10.4. The van der Waals surface area contributed by atoms with Gasteiger partial charge >= 0.3 is 24.4 Å². The number of aromatic nitrogens is 5. The number of piperidine rings is 1. The highest BCUT2D eigenvalue weighted by atomic mass is 32.1. The molecule has 18 heteroatoms. The Morgan fingerprint density at radius 2 is 1.75 bits per heavy atom. The first-order valence-electron chi connectivity index (χ1n) is 23.2. The van der Waals surface area contributed by atoms with Crippen LogP contribution in [0.1, 0.15) is 95.6 Å². The van der Waals surface area contributed by atoms with E-state index < -0.39 is 29.0 Å². The van der Waals surface area contributed by atoms with Gasteiger partial charge in [-0.25, -0.2) is 14.3 Å². The summed E-state index contributed by atoms with van der Waals surface area (Å²) in [6, 6.07) is 12.7. The van der Waals surface area contributed by atoms with Crippen molar-refractivity contribution in [3.05, 3.63) is 71.5 Å². The summed E-state index contributed by atoms with van der Waals surface area (Å²) < 4.78 is 72.4. The molecule has 0 saturated carbocycles. The Morgan fingerprint density at radius 1 is 0.970 bits per heavy atom. The molecule has 2 unspecified atom stereocenters. The van der Waals surface area contributed by atoms with Gasteiger partial charge in [0.1, 0.15) is 22.9 Å². The van der Waals surface area contributed by atoms with Crippen molar-refractivity contribution >= 4 is 60.5 Å². The van der Waals surface area contributed by atoms with Crippen molar-refractivity contribution in [2.75, 3.05) is 44.3 Å². The minimum atomic E-state index is -4.71. The number of nitrogens with zero attached hydrogens (tertiary/aromatic N) is 8. The highest BCUT2D eigenvalue weighted by molar-refractivity contribution is 7.26. The van der Waals surface area contributed by atoms with Crippen LogP contribution in [0.4, 0.5) is 28.6 Å². The number of rotatable bonds is 8. The molecule has 2 bridgehead atoms. The lowest BCUT2D eigenvalue weighted by molar-refractivity contribution is -0.137. The van der Waals surface area contributed by atoms with Crippen molar-refractivity contribution in [1.82, 2.24) is 34.5 Å². The molecule has 4 atom stereocenters. The molecule has 0 aliphatic carbocycles. The monoisotopic (exact) mass is 940 g/mol. The van der Waals surface area contributed by atoms with Crippen LogP contribution in [0.15, 0.2) is 54.9 Å². The Bertz CT molecular complexity index is 2830. The van der Waals surface area contributed by atoms with Crippen molar-refractivity contribution in [2.45, 2.75) is 116 Å². The van der Waals surface area contributed by atoms with Gasteiger partial charge in [0.15, 0.2) is 6.23 Å². The zero-order valence-electron chi connectivity index (χ0n) is 38.4. The molecule has 8 heterocycles. The number of halogens is 3. The second-order valence-corrected chi connectivity index (χ2v) is 20.8. The maximum Gasteiger partial charge on any atom is 0.417 e. The number of likely N-dealkylation sites (tertiary alicyclic amines) is 1. The van der Waals surface area contributed by atoms with Crippen LogP contribution in [0.25, 0.3) is 42.5 Å². The normalized spacial score (nSPS) is 22.5. The lowest BCUT2D eigenvalue weighted by Crippen LogP contribution is -2.57. The maximum absolute atomic E-state index is 15.4. The Kier molecular flexibility index (Phi) is 11.7. The maximum atomic E-state index is 15.4. The van der Waals surface area contributed by atoms with Gasteiger partial charge in [0, 0.05) is 60.7 Å². The van der Waals surface area contributed by atoms with Gasteiger partial charge in [-0.05, 0) is 95.9 Å². The average Bonchev–Trinajstić information content (AvgIpc) is 3.97. The molecular formula is C49H55F3N8O6S. The summed E-state index contributed by atoms with van der Waals surface area (Å²) in [4.78, 5) is 47.9. The zero-order valence-corrected chi connectivity index (χ0v) is 39.2. The number of fused-ring (bicyclic) bond motifs is 6. The van der Waals surface area contributed by atoms with Crippen molar-refractivity contribution in [3.63, 3.8) is 0 Å². The van der Waals surface area contributed by atoms with E-state index in [0.717, 1.165) is 44.1 Å². The van der Waals surface area contributed by atoms with E-state index in [9.17, 15) is 9.59 Å². The number of anilines is 1.